The van der Waals surface area contributed by atoms with Crippen LogP contribution in [0.1, 0.15) is 30.5 Å². The van der Waals surface area contributed by atoms with Crippen molar-refractivity contribution in [1.82, 2.24) is 5.32 Å². The van der Waals surface area contributed by atoms with Crippen LogP contribution in [0.2, 0.25) is 0 Å². The maximum Gasteiger partial charge on any atom is 0.127 e. The second-order valence-corrected chi connectivity index (χ2v) is 7.16. The van der Waals surface area contributed by atoms with Gasteiger partial charge < -0.3 is 5.32 Å². The smallest absolute Gasteiger partial charge is 0.127 e. The van der Waals surface area contributed by atoms with Crippen molar-refractivity contribution in [2.24, 2.45) is 0 Å². The molecule has 0 bridgehead atoms. The highest BCUT2D eigenvalue weighted by Crippen LogP contribution is 2.23. The highest BCUT2D eigenvalue weighted by atomic mass is 127. The van der Waals surface area contributed by atoms with E-state index >= 15 is 0 Å². The number of hydrogen-bond acceptors (Lipinski definition) is 1. The fourth-order valence-corrected chi connectivity index (χ4v) is 3.16. The van der Waals surface area contributed by atoms with E-state index in [-0.39, 0.29) is 11.9 Å². The Morgan fingerprint density at radius 3 is 2.71 bits per heavy atom. The summed E-state index contributed by atoms with van der Waals surface area (Å²) in [5.74, 6) is -0.154. The topological polar surface area (TPSA) is 12.0 Å². The Morgan fingerprint density at radius 1 is 1.24 bits per heavy atom. The number of nitrogens with one attached hydrogen (secondary N) is 1. The van der Waals surface area contributed by atoms with E-state index in [2.05, 4.69) is 75.0 Å². The first kappa shape index (κ1) is 16.9. The summed E-state index contributed by atoms with van der Waals surface area (Å²) >= 11 is 5.61. The summed E-state index contributed by atoms with van der Waals surface area (Å²) in [6, 6.07) is 13.8. The number of rotatable bonds is 6. The van der Waals surface area contributed by atoms with Crippen LogP contribution in [0.15, 0.2) is 46.9 Å². The molecule has 112 valence electrons. The van der Waals surface area contributed by atoms with Crippen molar-refractivity contribution >= 4 is 38.5 Å². The van der Waals surface area contributed by atoms with Crippen LogP contribution >= 0.6 is 38.5 Å². The molecule has 2 rings (SSSR count). The van der Waals surface area contributed by atoms with E-state index in [1.165, 1.54) is 15.2 Å². The van der Waals surface area contributed by atoms with E-state index in [1.807, 2.05) is 12.1 Å². The summed E-state index contributed by atoms with van der Waals surface area (Å²) < 4.78 is 16.0. The van der Waals surface area contributed by atoms with Crippen LogP contribution in [0.4, 0.5) is 4.39 Å². The summed E-state index contributed by atoms with van der Waals surface area (Å²) in [6.45, 7) is 3.06. The molecule has 0 saturated carbocycles. The summed E-state index contributed by atoms with van der Waals surface area (Å²) in [6.07, 6.45) is 1.71. The molecule has 0 aliphatic rings. The van der Waals surface area contributed by atoms with Crippen LogP contribution in [-0.2, 0) is 6.42 Å². The second kappa shape index (κ2) is 8.25. The Morgan fingerprint density at radius 2 is 2.05 bits per heavy atom. The molecule has 1 N–H and O–H groups in total. The molecule has 2 aromatic carbocycles. The monoisotopic (exact) mass is 461 g/mol. The van der Waals surface area contributed by atoms with Crippen molar-refractivity contribution < 1.29 is 4.39 Å². The molecule has 0 aromatic heterocycles. The van der Waals surface area contributed by atoms with Gasteiger partial charge in [-0.05, 0) is 77.4 Å². The fourth-order valence-electron chi connectivity index (χ4n) is 2.26. The standard InChI is InChI=1S/C17H18BrFIN/c1-2-8-21-17(13-4-3-5-15(20)9-13)10-12-6-7-14(18)11-16(12)19/h3-7,9,11,17,21H,2,8,10H2,1H3. The molecule has 2 aromatic rings. The molecule has 21 heavy (non-hydrogen) atoms. The van der Waals surface area contributed by atoms with Crippen molar-refractivity contribution in [3.8, 4) is 0 Å². The van der Waals surface area contributed by atoms with Crippen LogP contribution in [0.3, 0.4) is 0 Å². The molecule has 0 aliphatic heterocycles. The zero-order chi connectivity index (χ0) is 15.2. The molecule has 0 fully saturated rings. The van der Waals surface area contributed by atoms with Crippen LogP contribution in [0, 0.1) is 9.39 Å². The van der Waals surface area contributed by atoms with Gasteiger partial charge in [-0.2, -0.15) is 0 Å². The second-order valence-electron chi connectivity index (χ2n) is 5.00. The summed E-state index contributed by atoms with van der Waals surface area (Å²) in [4.78, 5) is 0. The third kappa shape index (κ3) is 5.04. The predicted octanol–water partition coefficient (Wildman–Crippen LogP) is 5.48. The van der Waals surface area contributed by atoms with Crippen molar-refractivity contribution in [1.29, 1.82) is 0 Å². The van der Waals surface area contributed by atoms with Gasteiger partial charge >= 0.3 is 0 Å². The van der Waals surface area contributed by atoms with Crippen LogP contribution in [0.25, 0.3) is 0 Å². The quantitative estimate of drug-likeness (QED) is 0.562. The zero-order valence-corrected chi connectivity index (χ0v) is 15.6. The van der Waals surface area contributed by atoms with Crippen LogP contribution in [0.5, 0.6) is 0 Å². The molecule has 1 atom stereocenters. The van der Waals surface area contributed by atoms with E-state index in [4.69, 9.17) is 0 Å². The minimum Gasteiger partial charge on any atom is -0.310 e. The molecule has 0 saturated heterocycles. The lowest BCUT2D eigenvalue weighted by Gasteiger charge is -2.20. The normalized spacial score (nSPS) is 12.4. The molecule has 0 aliphatic carbocycles. The Kier molecular flexibility index (Phi) is 6.64. The molecule has 0 amide bonds. The molecule has 4 heteroatoms. The first-order valence-electron chi connectivity index (χ1n) is 7.03. The van der Waals surface area contributed by atoms with E-state index < -0.39 is 0 Å². The van der Waals surface area contributed by atoms with Gasteiger partial charge in [-0.15, -0.1) is 0 Å². The Balaban J connectivity index is 2.23. The number of benzene rings is 2. The van der Waals surface area contributed by atoms with Gasteiger partial charge in [0.05, 0.1) is 0 Å². The van der Waals surface area contributed by atoms with Crippen molar-refractivity contribution in [2.45, 2.75) is 25.8 Å². The van der Waals surface area contributed by atoms with Gasteiger partial charge in [0.15, 0.2) is 0 Å². The highest BCUT2D eigenvalue weighted by molar-refractivity contribution is 14.1. The molecular weight excluding hydrogens is 444 g/mol. The van der Waals surface area contributed by atoms with E-state index in [1.54, 1.807) is 0 Å². The van der Waals surface area contributed by atoms with Crippen molar-refractivity contribution in [3.63, 3.8) is 0 Å². The van der Waals surface area contributed by atoms with E-state index in [9.17, 15) is 4.39 Å². The molecule has 0 heterocycles. The lowest BCUT2D eigenvalue weighted by atomic mass is 9.98. The molecule has 1 nitrogen and oxygen atoms in total. The van der Waals surface area contributed by atoms with Gasteiger partial charge in [0, 0.05) is 14.1 Å². The molecular formula is C17H18BrFIN. The van der Waals surface area contributed by atoms with Crippen molar-refractivity contribution in [3.05, 3.63) is 67.5 Å². The maximum atomic E-state index is 14.1. The first-order valence-corrected chi connectivity index (χ1v) is 8.90. The van der Waals surface area contributed by atoms with Crippen LogP contribution < -0.4 is 5.32 Å². The van der Waals surface area contributed by atoms with Gasteiger partial charge in [-0.1, -0.05) is 41.1 Å². The summed E-state index contributed by atoms with van der Waals surface area (Å²) in [5, 5.41) is 3.52. The first-order chi connectivity index (χ1) is 10.1. The summed E-state index contributed by atoms with van der Waals surface area (Å²) in [5.41, 5.74) is 1.95. The largest absolute Gasteiger partial charge is 0.310 e. The minimum atomic E-state index is -0.154. The van der Waals surface area contributed by atoms with E-state index in [0.717, 1.165) is 23.0 Å². The third-order valence-corrected chi connectivity index (χ3v) is 4.50. The molecule has 0 spiro atoms. The van der Waals surface area contributed by atoms with E-state index in [0.29, 0.717) is 6.42 Å². The minimum absolute atomic E-state index is 0.135. The maximum absolute atomic E-state index is 14.1. The summed E-state index contributed by atoms with van der Waals surface area (Å²) in [7, 11) is 0. The number of hydrogen-bond donors (Lipinski definition) is 1. The van der Waals surface area contributed by atoms with Crippen molar-refractivity contribution in [2.75, 3.05) is 6.54 Å². The SMILES string of the molecule is CCCNC(Cc1ccc(Br)cc1F)c1cccc(I)c1. The van der Waals surface area contributed by atoms with Gasteiger partial charge in [0.2, 0.25) is 0 Å². The lowest BCUT2D eigenvalue weighted by Crippen LogP contribution is -2.24. The highest BCUT2D eigenvalue weighted by Gasteiger charge is 2.14. The lowest BCUT2D eigenvalue weighted by molar-refractivity contribution is 0.512. The predicted molar refractivity (Wildman–Crippen MR) is 98.0 cm³/mol. The number of halogens is 3. The Bertz CT molecular complexity index is 603. The van der Waals surface area contributed by atoms with Gasteiger partial charge in [-0.25, -0.2) is 4.39 Å². The average Bonchev–Trinajstić information content (AvgIpc) is 2.45. The Hall–Kier alpha value is -0.460. The van der Waals surface area contributed by atoms with Crippen LogP contribution in [-0.4, -0.2) is 6.54 Å². The van der Waals surface area contributed by atoms with Gasteiger partial charge in [-0.3, -0.25) is 0 Å². The van der Waals surface area contributed by atoms with Gasteiger partial charge in [0.25, 0.3) is 0 Å². The Labute approximate surface area is 147 Å². The molecule has 0 radical (unpaired) electrons. The average molecular weight is 462 g/mol. The molecule has 1 unspecified atom stereocenters. The third-order valence-electron chi connectivity index (χ3n) is 3.33. The van der Waals surface area contributed by atoms with Gasteiger partial charge in [0.1, 0.15) is 5.82 Å². The zero-order valence-electron chi connectivity index (χ0n) is 11.9. The fraction of sp³-hybridized carbons (Fsp3) is 0.294.